The second-order valence-electron chi connectivity index (χ2n) is 7.31. The summed E-state index contributed by atoms with van der Waals surface area (Å²) in [6, 6.07) is 4.09. The van der Waals surface area contributed by atoms with Crippen LogP contribution in [-0.4, -0.2) is 75.0 Å². The number of phenols is 1. The zero-order valence-corrected chi connectivity index (χ0v) is 18.5. The summed E-state index contributed by atoms with van der Waals surface area (Å²) in [6.45, 7) is 3.20. The molecule has 1 fully saturated rings. The fourth-order valence-electron chi connectivity index (χ4n) is 2.85. The molecule has 2 heterocycles. The number of fused-ring (bicyclic) bond motifs is 1. The van der Waals surface area contributed by atoms with Gasteiger partial charge in [-0.1, -0.05) is 12.1 Å². The summed E-state index contributed by atoms with van der Waals surface area (Å²) in [5.74, 6) is -1.51. The van der Waals surface area contributed by atoms with Gasteiger partial charge in [0.1, 0.15) is 28.9 Å². The van der Waals surface area contributed by atoms with Gasteiger partial charge in [0.15, 0.2) is 0 Å². The van der Waals surface area contributed by atoms with Crippen LogP contribution < -0.4 is 11.1 Å². The van der Waals surface area contributed by atoms with Crippen molar-refractivity contribution < 1.29 is 29.4 Å². The summed E-state index contributed by atoms with van der Waals surface area (Å²) < 4.78 is 0. The quantitative estimate of drug-likeness (QED) is 0.476. The van der Waals surface area contributed by atoms with Crippen molar-refractivity contribution in [3.05, 3.63) is 41.1 Å². The highest BCUT2D eigenvalue weighted by atomic mass is 32.2. The van der Waals surface area contributed by atoms with Crippen LogP contribution in [0.3, 0.4) is 0 Å². The third kappa shape index (κ3) is 5.36. The van der Waals surface area contributed by atoms with Crippen molar-refractivity contribution in [3.8, 4) is 5.75 Å². The van der Waals surface area contributed by atoms with Crippen LogP contribution in [0.2, 0.25) is 0 Å². The predicted molar refractivity (Wildman–Crippen MR) is 115 cm³/mol. The fourth-order valence-corrected chi connectivity index (χ4v) is 4.14. The maximum atomic E-state index is 12.3. The molecule has 0 bridgehead atoms. The van der Waals surface area contributed by atoms with Crippen LogP contribution >= 0.6 is 11.8 Å². The van der Waals surface area contributed by atoms with Gasteiger partial charge in [-0.05, 0) is 30.2 Å². The lowest BCUT2D eigenvalue weighted by atomic mass is 10.0. The molecule has 1 aromatic rings. The number of aliphatic carboxylic acids is 1. The summed E-state index contributed by atoms with van der Waals surface area (Å²) in [5, 5.41) is 20.7. The first-order chi connectivity index (χ1) is 14.5. The molecule has 0 unspecified atom stereocenters. The van der Waals surface area contributed by atoms with Crippen LogP contribution in [-0.2, 0) is 19.2 Å². The van der Waals surface area contributed by atoms with E-state index in [-0.39, 0.29) is 17.4 Å². The standard InChI is InChI=1S/C16H17N3O5S.C4H9NO/c1-7-6-25-15-11(14(22)19(15)12(7)16(23)24)18-13(21)10(17)8-2-4-9(20)5-3-8;1-4(6)5(2)3/h2-5,10-11,15,20H,6,17H2,1H3,(H,18,21)(H,23,24);1-3H3/t10-,11-,15-;/m1./s1. The first-order valence-electron chi connectivity index (χ1n) is 9.36. The molecular formula is C20H26N4O6S. The molecule has 10 nitrogen and oxygen atoms in total. The Balaban J connectivity index is 0.000000501. The minimum Gasteiger partial charge on any atom is -0.508 e. The van der Waals surface area contributed by atoms with Gasteiger partial charge in [-0.15, -0.1) is 11.8 Å². The van der Waals surface area contributed by atoms with Crippen molar-refractivity contribution >= 4 is 35.5 Å². The number of phenolic OH excluding ortho intramolecular Hbond substituents is 1. The summed E-state index contributed by atoms with van der Waals surface area (Å²) in [5.41, 5.74) is 7.00. The van der Waals surface area contributed by atoms with Gasteiger partial charge in [0.25, 0.3) is 5.91 Å². The molecule has 0 saturated carbocycles. The second kappa shape index (κ2) is 9.84. The molecule has 11 heteroatoms. The number of carbonyl (C=O) groups is 4. The number of aromatic hydroxyl groups is 1. The number of carboxylic acid groups (broad SMARTS) is 1. The van der Waals surface area contributed by atoms with Crippen molar-refractivity contribution in [1.82, 2.24) is 15.1 Å². The van der Waals surface area contributed by atoms with Crippen LogP contribution in [0.25, 0.3) is 0 Å². The van der Waals surface area contributed by atoms with Gasteiger partial charge in [0.2, 0.25) is 11.8 Å². The first kappa shape index (κ1) is 24.2. The minimum atomic E-state index is -1.15. The number of nitrogens with two attached hydrogens (primary N) is 1. The number of rotatable bonds is 4. The Morgan fingerprint density at radius 3 is 2.29 bits per heavy atom. The van der Waals surface area contributed by atoms with Gasteiger partial charge < -0.3 is 26.2 Å². The third-order valence-electron chi connectivity index (χ3n) is 4.82. The predicted octanol–water partition coefficient (Wildman–Crippen LogP) is 0.245. The van der Waals surface area contributed by atoms with Gasteiger partial charge in [0, 0.05) is 26.8 Å². The number of nitrogens with one attached hydrogen (secondary N) is 1. The van der Waals surface area contributed by atoms with Gasteiger partial charge in [-0.25, -0.2) is 4.79 Å². The number of hydrogen-bond acceptors (Lipinski definition) is 7. The molecule has 168 valence electrons. The zero-order chi connectivity index (χ0) is 23.5. The number of amides is 3. The Morgan fingerprint density at radius 2 is 1.81 bits per heavy atom. The van der Waals surface area contributed by atoms with Crippen LogP contribution in [0, 0.1) is 0 Å². The van der Waals surface area contributed by atoms with Gasteiger partial charge in [-0.3, -0.25) is 19.3 Å². The average molecular weight is 451 g/mol. The van der Waals surface area contributed by atoms with E-state index in [4.69, 9.17) is 5.73 Å². The van der Waals surface area contributed by atoms with Crippen molar-refractivity contribution in [1.29, 1.82) is 0 Å². The molecule has 0 aromatic heterocycles. The second-order valence-corrected chi connectivity index (χ2v) is 8.42. The van der Waals surface area contributed by atoms with Crippen LogP contribution in [0.1, 0.15) is 25.5 Å². The van der Waals surface area contributed by atoms with Crippen LogP contribution in [0.4, 0.5) is 0 Å². The van der Waals surface area contributed by atoms with E-state index in [1.54, 1.807) is 21.0 Å². The Hall–Kier alpha value is -3.05. The van der Waals surface area contributed by atoms with Crippen molar-refractivity contribution in [2.45, 2.75) is 31.3 Å². The van der Waals surface area contributed by atoms with E-state index in [1.165, 1.54) is 52.8 Å². The maximum absolute atomic E-state index is 12.3. The molecule has 0 radical (unpaired) electrons. The number of carboxylic acids is 1. The Labute approximate surface area is 184 Å². The molecule has 2 aliphatic heterocycles. The van der Waals surface area contributed by atoms with Gasteiger partial charge >= 0.3 is 5.97 Å². The monoisotopic (exact) mass is 450 g/mol. The molecule has 5 N–H and O–H groups in total. The number of nitrogens with zero attached hydrogens (tertiary/aromatic N) is 2. The molecule has 31 heavy (non-hydrogen) atoms. The molecule has 3 amide bonds. The SMILES string of the molecule is CC(=O)N(C)C.CC1=C(C(=O)O)N2C(=O)[C@@H](NC(=O)[C@H](N)c3ccc(O)cc3)[C@H]2SC1. The largest absolute Gasteiger partial charge is 0.508 e. The summed E-state index contributed by atoms with van der Waals surface area (Å²) >= 11 is 1.40. The highest BCUT2D eigenvalue weighted by molar-refractivity contribution is 8.00. The Kier molecular flexibility index (Phi) is 7.69. The molecule has 0 aliphatic carbocycles. The zero-order valence-electron chi connectivity index (χ0n) is 17.7. The highest BCUT2D eigenvalue weighted by Crippen LogP contribution is 2.40. The molecule has 1 aromatic carbocycles. The van der Waals surface area contributed by atoms with Gasteiger partial charge in [0.05, 0.1) is 0 Å². The van der Waals surface area contributed by atoms with E-state index >= 15 is 0 Å². The van der Waals surface area contributed by atoms with E-state index in [9.17, 15) is 29.4 Å². The Morgan fingerprint density at radius 1 is 1.26 bits per heavy atom. The number of benzene rings is 1. The topological polar surface area (TPSA) is 153 Å². The van der Waals surface area contributed by atoms with E-state index in [0.717, 1.165) is 0 Å². The molecule has 0 spiro atoms. The minimum absolute atomic E-state index is 0.0120. The third-order valence-corrected chi connectivity index (χ3v) is 6.25. The summed E-state index contributed by atoms with van der Waals surface area (Å²) in [6.07, 6.45) is 0. The average Bonchev–Trinajstić information content (AvgIpc) is 2.71. The molecule has 1 saturated heterocycles. The number of β-lactam (4-membered cyclic amide) rings is 1. The van der Waals surface area contributed by atoms with Crippen LogP contribution in [0.5, 0.6) is 5.75 Å². The first-order valence-corrected chi connectivity index (χ1v) is 10.4. The normalized spacial score (nSPS) is 20.5. The van der Waals surface area contributed by atoms with Crippen LogP contribution in [0.15, 0.2) is 35.5 Å². The van der Waals surface area contributed by atoms with E-state index in [0.29, 0.717) is 16.9 Å². The highest BCUT2D eigenvalue weighted by Gasteiger charge is 2.53. The van der Waals surface area contributed by atoms with E-state index in [1.807, 2.05) is 0 Å². The number of thioether (sulfide) groups is 1. The summed E-state index contributed by atoms with van der Waals surface area (Å²) in [7, 11) is 3.45. The van der Waals surface area contributed by atoms with Crippen molar-refractivity contribution in [2.24, 2.45) is 5.73 Å². The molecular weight excluding hydrogens is 424 g/mol. The van der Waals surface area contributed by atoms with E-state index in [2.05, 4.69) is 5.32 Å². The molecule has 3 atom stereocenters. The Bertz CT molecular complexity index is 915. The fraction of sp³-hybridized carbons (Fsp3) is 0.400. The van der Waals surface area contributed by atoms with Crippen molar-refractivity contribution in [2.75, 3.05) is 19.8 Å². The van der Waals surface area contributed by atoms with Crippen molar-refractivity contribution in [3.63, 3.8) is 0 Å². The molecule has 2 aliphatic rings. The lowest BCUT2D eigenvalue weighted by Crippen LogP contribution is -2.71. The van der Waals surface area contributed by atoms with E-state index < -0.39 is 35.2 Å². The number of hydrogen-bond donors (Lipinski definition) is 4. The lowest BCUT2D eigenvalue weighted by molar-refractivity contribution is -0.150. The number of carbonyl (C=O) groups excluding carboxylic acids is 3. The lowest BCUT2D eigenvalue weighted by Gasteiger charge is -2.49. The van der Waals surface area contributed by atoms with Gasteiger partial charge in [-0.2, -0.15) is 0 Å². The molecule has 3 rings (SSSR count). The maximum Gasteiger partial charge on any atom is 0.352 e. The summed E-state index contributed by atoms with van der Waals surface area (Å²) in [4.78, 5) is 48.8. The smallest absolute Gasteiger partial charge is 0.352 e.